The van der Waals surface area contributed by atoms with Crippen LogP contribution in [0.4, 0.5) is 0 Å². The van der Waals surface area contributed by atoms with E-state index in [4.69, 9.17) is 0 Å². The second-order valence-electron chi connectivity index (χ2n) is 2.22. The number of carbonyl (C=O) groups is 1. The molecule has 0 aliphatic rings. The molecule has 0 spiro atoms. The van der Waals surface area contributed by atoms with Gasteiger partial charge >= 0.3 is 5.97 Å². The zero-order valence-corrected chi connectivity index (χ0v) is 8.24. The monoisotopic (exact) mass is 230 g/mol. The number of nitrogens with zero attached hydrogens (tertiary/aromatic N) is 1. The van der Waals surface area contributed by atoms with E-state index in [1.165, 1.54) is 7.11 Å². The summed E-state index contributed by atoms with van der Waals surface area (Å²) >= 11 is 3.27. The Kier molecular flexibility index (Phi) is 3.22. The van der Waals surface area contributed by atoms with Crippen molar-refractivity contribution in [3.05, 3.63) is 30.1 Å². The standard InChI is InChI=1S/C8H9BrNO2/c1-12-8(11)7-3-2-4-10(5-7)6-9/h2-5H,6H2,1H3/q+1. The molecule has 0 amide bonds. The van der Waals surface area contributed by atoms with Crippen molar-refractivity contribution in [2.75, 3.05) is 7.11 Å². The summed E-state index contributed by atoms with van der Waals surface area (Å²) in [4.78, 5) is 11.0. The van der Waals surface area contributed by atoms with Gasteiger partial charge in [0, 0.05) is 6.07 Å². The molecule has 0 saturated heterocycles. The number of methoxy groups -OCH3 is 1. The Labute approximate surface area is 79.1 Å². The van der Waals surface area contributed by atoms with Crippen LogP contribution >= 0.6 is 15.9 Å². The highest BCUT2D eigenvalue weighted by Crippen LogP contribution is 1.96. The molecule has 1 aromatic rings. The molecule has 0 aliphatic heterocycles. The number of aromatic nitrogens is 1. The van der Waals surface area contributed by atoms with Gasteiger partial charge < -0.3 is 4.74 Å². The van der Waals surface area contributed by atoms with E-state index in [1.807, 2.05) is 10.8 Å². The Morgan fingerprint density at radius 2 is 2.50 bits per heavy atom. The van der Waals surface area contributed by atoms with Gasteiger partial charge in [-0.25, -0.2) is 4.79 Å². The van der Waals surface area contributed by atoms with Gasteiger partial charge in [-0.15, -0.1) is 0 Å². The van der Waals surface area contributed by atoms with Gasteiger partial charge in [-0.2, -0.15) is 4.57 Å². The predicted molar refractivity (Wildman–Crippen MR) is 46.9 cm³/mol. The van der Waals surface area contributed by atoms with Gasteiger partial charge in [0.1, 0.15) is 5.56 Å². The maximum absolute atomic E-state index is 11.0. The van der Waals surface area contributed by atoms with Crippen LogP contribution in [0.3, 0.4) is 0 Å². The number of ether oxygens (including phenoxy) is 1. The van der Waals surface area contributed by atoms with Gasteiger partial charge in [0.25, 0.3) is 0 Å². The van der Waals surface area contributed by atoms with Crippen LogP contribution in [0.15, 0.2) is 24.5 Å². The van der Waals surface area contributed by atoms with Crippen molar-refractivity contribution < 1.29 is 14.1 Å². The van der Waals surface area contributed by atoms with Crippen LogP contribution in [0.5, 0.6) is 0 Å². The van der Waals surface area contributed by atoms with Crippen LogP contribution < -0.4 is 4.57 Å². The van der Waals surface area contributed by atoms with E-state index in [1.54, 1.807) is 18.3 Å². The molecular formula is C8H9BrNO2+. The number of carbonyl (C=O) groups excluding carboxylic acids is 1. The van der Waals surface area contributed by atoms with Crippen molar-refractivity contribution >= 4 is 21.9 Å². The third kappa shape index (κ3) is 2.04. The molecule has 0 aromatic carbocycles. The first-order chi connectivity index (χ1) is 5.77. The van der Waals surface area contributed by atoms with Gasteiger partial charge in [0.15, 0.2) is 12.4 Å². The first-order valence-corrected chi connectivity index (χ1v) is 4.53. The quantitative estimate of drug-likeness (QED) is 0.433. The van der Waals surface area contributed by atoms with E-state index in [0.717, 1.165) is 0 Å². The molecule has 64 valence electrons. The van der Waals surface area contributed by atoms with Crippen LogP contribution in [0.2, 0.25) is 0 Å². The lowest BCUT2D eigenvalue weighted by Gasteiger charge is -1.96. The summed E-state index contributed by atoms with van der Waals surface area (Å²) in [5.41, 5.74) is 1.22. The largest absolute Gasteiger partial charge is 0.465 e. The fourth-order valence-electron chi connectivity index (χ4n) is 0.835. The number of rotatable bonds is 2. The Bertz CT molecular complexity index is 288. The van der Waals surface area contributed by atoms with Crippen molar-refractivity contribution in [1.29, 1.82) is 0 Å². The molecule has 0 fully saturated rings. The fraction of sp³-hybridized carbons (Fsp3) is 0.250. The third-order valence-corrected chi connectivity index (χ3v) is 2.00. The molecule has 0 N–H and O–H groups in total. The molecule has 0 bridgehead atoms. The van der Waals surface area contributed by atoms with Crippen LogP contribution in [0.25, 0.3) is 0 Å². The van der Waals surface area contributed by atoms with E-state index in [9.17, 15) is 4.79 Å². The summed E-state index contributed by atoms with van der Waals surface area (Å²) in [6.07, 6.45) is 3.59. The van der Waals surface area contributed by atoms with Crippen LogP contribution in [-0.4, -0.2) is 13.1 Å². The zero-order chi connectivity index (χ0) is 8.97. The van der Waals surface area contributed by atoms with Crippen molar-refractivity contribution in [3.8, 4) is 0 Å². The molecule has 0 atom stereocenters. The highest BCUT2D eigenvalue weighted by Gasteiger charge is 2.08. The zero-order valence-electron chi connectivity index (χ0n) is 6.66. The predicted octanol–water partition coefficient (Wildman–Crippen LogP) is 1.11. The van der Waals surface area contributed by atoms with Crippen molar-refractivity contribution in [3.63, 3.8) is 0 Å². The smallest absolute Gasteiger partial charge is 0.343 e. The Morgan fingerprint density at radius 1 is 1.75 bits per heavy atom. The second-order valence-corrected chi connectivity index (χ2v) is 2.72. The number of pyridine rings is 1. The van der Waals surface area contributed by atoms with Gasteiger partial charge in [-0.3, -0.25) is 0 Å². The lowest BCUT2D eigenvalue weighted by molar-refractivity contribution is -0.674. The number of halogens is 1. The molecule has 0 saturated carbocycles. The highest BCUT2D eigenvalue weighted by molar-refractivity contribution is 9.08. The fourth-order valence-corrected chi connectivity index (χ4v) is 1.15. The van der Waals surface area contributed by atoms with Crippen LogP contribution in [0, 0.1) is 0 Å². The third-order valence-electron chi connectivity index (χ3n) is 1.42. The first-order valence-electron chi connectivity index (χ1n) is 3.41. The summed E-state index contributed by atoms with van der Waals surface area (Å²) in [6, 6.07) is 3.51. The van der Waals surface area contributed by atoms with E-state index in [0.29, 0.717) is 11.0 Å². The lowest BCUT2D eigenvalue weighted by Crippen LogP contribution is -2.30. The van der Waals surface area contributed by atoms with E-state index < -0.39 is 0 Å². The van der Waals surface area contributed by atoms with E-state index in [2.05, 4.69) is 20.7 Å². The Balaban J connectivity index is 2.93. The molecular weight excluding hydrogens is 222 g/mol. The average Bonchev–Trinajstić information content (AvgIpc) is 2.17. The number of alkyl halides is 1. The van der Waals surface area contributed by atoms with Gasteiger partial charge in [-0.1, -0.05) is 0 Å². The number of esters is 1. The lowest BCUT2D eigenvalue weighted by atomic mass is 10.3. The molecule has 0 radical (unpaired) electrons. The molecule has 12 heavy (non-hydrogen) atoms. The molecule has 1 rings (SSSR count). The molecule has 4 heteroatoms. The minimum absolute atomic E-state index is 0.315. The van der Waals surface area contributed by atoms with Crippen LogP contribution in [0.1, 0.15) is 10.4 Å². The molecule has 0 aliphatic carbocycles. The first kappa shape index (κ1) is 9.19. The second kappa shape index (κ2) is 4.21. The number of hydrogen-bond donors (Lipinski definition) is 0. The summed E-state index contributed by atoms with van der Waals surface area (Å²) in [5, 5.41) is 0. The maximum atomic E-state index is 11.0. The summed E-state index contributed by atoms with van der Waals surface area (Å²) < 4.78 is 6.41. The molecule has 0 unspecified atom stereocenters. The highest BCUT2D eigenvalue weighted by atomic mass is 79.9. The average molecular weight is 231 g/mol. The van der Waals surface area contributed by atoms with Gasteiger partial charge in [-0.05, 0) is 22.0 Å². The Morgan fingerprint density at radius 3 is 3.08 bits per heavy atom. The SMILES string of the molecule is COC(=O)c1ccc[n+](CBr)c1. The van der Waals surface area contributed by atoms with Crippen molar-refractivity contribution in [2.45, 2.75) is 5.45 Å². The molecule has 1 heterocycles. The number of hydrogen-bond acceptors (Lipinski definition) is 2. The van der Waals surface area contributed by atoms with Gasteiger partial charge in [0.2, 0.25) is 5.45 Å². The summed E-state index contributed by atoms with van der Waals surface area (Å²) in [6.45, 7) is 0. The summed E-state index contributed by atoms with van der Waals surface area (Å²) in [5.74, 6) is -0.315. The maximum Gasteiger partial charge on any atom is 0.343 e. The van der Waals surface area contributed by atoms with Gasteiger partial charge in [0.05, 0.1) is 7.11 Å². The minimum atomic E-state index is -0.315. The Hall–Kier alpha value is -0.900. The van der Waals surface area contributed by atoms with E-state index in [-0.39, 0.29) is 5.97 Å². The van der Waals surface area contributed by atoms with Crippen molar-refractivity contribution in [1.82, 2.24) is 0 Å². The van der Waals surface area contributed by atoms with E-state index >= 15 is 0 Å². The molecule has 3 nitrogen and oxygen atoms in total. The van der Waals surface area contributed by atoms with Crippen LogP contribution in [-0.2, 0) is 10.2 Å². The molecule has 1 aromatic heterocycles. The van der Waals surface area contributed by atoms with Crippen molar-refractivity contribution in [2.24, 2.45) is 0 Å². The minimum Gasteiger partial charge on any atom is -0.465 e. The topological polar surface area (TPSA) is 30.2 Å². The summed E-state index contributed by atoms with van der Waals surface area (Å²) in [7, 11) is 1.37. The normalized spacial score (nSPS) is 9.50.